The van der Waals surface area contributed by atoms with E-state index in [2.05, 4.69) is 15.9 Å². The van der Waals surface area contributed by atoms with Crippen LogP contribution in [0.15, 0.2) is 24.3 Å². The van der Waals surface area contributed by atoms with E-state index in [9.17, 15) is 9.59 Å². The maximum Gasteiger partial charge on any atom is 0.325 e. The van der Waals surface area contributed by atoms with Gasteiger partial charge in [-0.1, -0.05) is 39.7 Å². The lowest BCUT2D eigenvalue weighted by molar-refractivity contribution is -0.158. The third-order valence-electron chi connectivity index (χ3n) is 3.43. The predicted octanol–water partition coefficient (Wildman–Crippen LogP) is 3.33. The maximum atomic E-state index is 12.1. The van der Waals surface area contributed by atoms with Crippen LogP contribution in [0.25, 0.3) is 0 Å². The molecule has 0 aromatic heterocycles. The molecular formula is C15H17BrClNO3. The lowest BCUT2D eigenvalue weighted by Gasteiger charge is -2.21. The van der Waals surface area contributed by atoms with Crippen LogP contribution in [0, 0.1) is 0 Å². The Morgan fingerprint density at radius 2 is 1.81 bits per heavy atom. The zero-order chi connectivity index (χ0) is 15.4. The van der Waals surface area contributed by atoms with E-state index >= 15 is 0 Å². The Morgan fingerprint density at radius 1 is 1.24 bits per heavy atom. The zero-order valence-electron chi connectivity index (χ0n) is 11.7. The summed E-state index contributed by atoms with van der Waals surface area (Å²) in [5.74, 6) is -0.603. The molecule has 1 amide bonds. The van der Waals surface area contributed by atoms with Crippen molar-refractivity contribution in [2.75, 3.05) is 13.1 Å². The molecule has 0 aliphatic carbocycles. The predicted molar refractivity (Wildman–Crippen MR) is 84.5 cm³/mol. The van der Waals surface area contributed by atoms with Crippen LogP contribution in [0.2, 0.25) is 5.02 Å². The average molecular weight is 375 g/mol. The number of halogens is 2. The van der Waals surface area contributed by atoms with Gasteiger partial charge in [0.2, 0.25) is 0 Å². The first-order chi connectivity index (χ1) is 9.99. The Bertz CT molecular complexity index is 514. The van der Waals surface area contributed by atoms with Gasteiger partial charge in [-0.3, -0.25) is 9.59 Å². The largest absolute Gasteiger partial charge is 0.451 e. The Balaban J connectivity index is 1.93. The molecule has 6 heteroatoms. The Hall–Kier alpha value is -1.07. The highest BCUT2D eigenvalue weighted by Crippen LogP contribution is 2.26. The van der Waals surface area contributed by atoms with Crippen LogP contribution in [-0.4, -0.2) is 36.0 Å². The van der Waals surface area contributed by atoms with Crippen LogP contribution in [0.1, 0.15) is 30.2 Å². The van der Waals surface area contributed by atoms with E-state index in [4.69, 9.17) is 16.3 Å². The van der Waals surface area contributed by atoms with Crippen molar-refractivity contribution < 1.29 is 14.3 Å². The normalized spacial score (nSPS) is 17.4. The van der Waals surface area contributed by atoms with Crippen molar-refractivity contribution in [3.05, 3.63) is 34.9 Å². The van der Waals surface area contributed by atoms with E-state index in [1.807, 2.05) is 0 Å². The van der Waals surface area contributed by atoms with Gasteiger partial charge in [0.1, 0.15) is 4.83 Å². The molecule has 2 rings (SSSR count). The summed E-state index contributed by atoms with van der Waals surface area (Å²) in [6.45, 7) is 3.10. The molecule has 4 nitrogen and oxygen atoms in total. The number of carbonyl (C=O) groups excluding carboxylic acids is 2. The second-order valence-electron chi connectivity index (χ2n) is 5.03. The molecule has 1 aliphatic heterocycles. The summed E-state index contributed by atoms with van der Waals surface area (Å²) in [4.78, 5) is 25.3. The molecule has 1 aliphatic rings. The Labute approximate surface area is 137 Å². The molecule has 0 bridgehead atoms. The SMILES string of the molecule is C[C@@H](OC(=O)C(Br)c1ccc(Cl)cc1)C(=O)N1CCCC1. The number of hydrogen-bond acceptors (Lipinski definition) is 3. The zero-order valence-corrected chi connectivity index (χ0v) is 14.1. The topological polar surface area (TPSA) is 46.6 Å². The van der Waals surface area contributed by atoms with Crippen molar-refractivity contribution in [2.45, 2.75) is 30.7 Å². The molecule has 1 aromatic rings. The van der Waals surface area contributed by atoms with Crippen LogP contribution >= 0.6 is 27.5 Å². The van der Waals surface area contributed by atoms with Gasteiger partial charge in [0.15, 0.2) is 6.10 Å². The lowest BCUT2D eigenvalue weighted by atomic mass is 10.1. The molecule has 2 atom stereocenters. The molecular weight excluding hydrogens is 358 g/mol. The van der Waals surface area contributed by atoms with E-state index in [-0.39, 0.29) is 5.91 Å². The van der Waals surface area contributed by atoms with Crippen molar-refractivity contribution >= 4 is 39.4 Å². The first-order valence-corrected chi connectivity index (χ1v) is 8.17. The summed E-state index contributed by atoms with van der Waals surface area (Å²) in [7, 11) is 0. The van der Waals surface area contributed by atoms with Crippen molar-refractivity contribution in [2.24, 2.45) is 0 Å². The summed E-state index contributed by atoms with van der Waals surface area (Å²) >= 11 is 9.11. The summed E-state index contributed by atoms with van der Waals surface area (Å²) < 4.78 is 5.26. The summed E-state index contributed by atoms with van der Waals surface area (Å²) in [6, 6.07) is 6.90. The summed E-state index contributed by atoms with van der Waals surface area (Å²) in [5, 5.41) is 0.601. The number of ether oxygens (including phenoxy) is 1. The first kappa shape index (κ1) is 16.3. The van der Waals surface area contributed by atoms with Gasteiger partial charge in [-0.2, -0.15) is 0 Å². The highest BCUT2D eigenvalue weighted by atomic mass is 79.9. The smallest absolute Gasteiger partial charge is 0.325 e. The van der Waals surface area contributed by atoms with E-state index < -0.39 is 16.9 Å². The van der Waals surface area contributed by atoms with Gasteiger partial charge < -0.3 is 9.64 Å². The van der Waals surface area contributed by atoms with Crippen LogP contribution < -0.4 is 0 Å². The molecule has 21 heavy (non-hydrogen) atoms. The van der Waals surface area contributed by atoms with Gasteiger partial charge in [-0.25, -0.2) is 0 Å². The third kappa shape index (κ3) is 4.20. The molecule has 1 saturated heterocycles. The molecule has 1 aromatic carbocycles. The quantitative estimate of drug-likeness (QED) is 0.600. The van der Waals surface area contributed by atoms with E-state index in [1.54, 1.807) is 36.1 Å². The third-order valence-corrected chi connectivity index (χ3v) is 4.58. The Kier molecular flexibility index (Phi) is 5.65. The molecule has 0 N–H and O–H groups in total. The van der Waals surface area contributed by atoms with E-state index in [1.165, 1.54) is 0 Å². The van der Waals surface area contributed by atoms with E-state index in [0.29, 0.717) is 5.02 Å². The summed E-state index contributed by atoms with van der Waals surface area (Å²) in [5.41, 5.74) is 0.741. The number of esters is 1. The monoisotopic (exact) mass is 373 g/mol. The van der Waals surface area contributed by atoms with Crippen molar-refractivity contribution in [3.63, 3.8) is 0 Å². The molecule has 1 fully saturated rings. The van der Waals surface area contributed by atoms with Gasteiger partial charge >= 0.3 is 5.97 Å². The van der Waals surface area contributed by atoms with Crippen LogP contribution in [0.5, 0.6) is 0 Å². The summed E-state index contributed by atoms with van der Waals surface area (Å²) in [6.07, 6.45) is 1.26. The molecule has 1 unspecified atom stereocenters. The highest BCUT2D eigenvalue weighted by Gasteiger charge is 2.28. The minimum absolute atomic E-state index is 0.128. The minimum Gasteiger partial charge on any atom is -0.451 e. The number of likely N-dealkylation sites (tertiary alicyclic amines) is 1. The number of hydrogen-bond donors (Lipinski definition) is 0. The standard InChI is InChI=1S/C15H17BrClNO3/c1-10(14(19)18-8-2-3-9-18)21-15(20)13(16)11-4-6-12(17)7-5-11/h4-7,10,13H,2-3,8-9H2,1H3/t10-,13?/m1/s1. The van der Waals surface area contributed by atoms with E-state index in [0.717, 1.165) is 31.5 Å². The average Bonchev–Trinajstić information content (AvgIpc) is 3.00. The van der Waals surface area contributed by atoms with Gasteiger partial charge in [0.05, 0.1) is 0 Å². The fraction of sp³-hybridized carbons (Fsp3) is 0.467. The number of benzene rings is 1. The molecule has 0 spiro atoms. The lowest BCUT2D eigenvalue weighted by Crippen LogP contribution is -2.38. The number of alkyl halides is 1. The number of carbonyl (C=O) groups is 2. The number of amides is 1. The van der Waals surface area contributed by atoms with Crippen molar-refractivity contribution in [1.82, 2.24) is 4.90 Å². The van der Waals surface area contributed by atoms with Crippen LogP contribution in [0.4, 0.5) is 0 Å². The van der Waals surface area contributed by atoms with Gasteiger partial charge in [0, 0.05) is 18.1 Å². The number of rotatable bonds is 4. The maximum absolute atomic E-state index is 12.1. The second-order valence-corrected chi connectivity index (χ2v) is 6.38. The minimum atomic E-state index is -0.761. The van der Waals surface area contributed by atoms with Crippen LogP contribution in [-0.2, 0) is 14.3 Å². The van der Waals surface area contributed by atoms with Gasteiger partial charge in [-0.05, 0) is 37.5 Å². The Morgan fingerprint density at radius 3 is 2.38 bits per heavy atom. The van der Waals surface area contributed by atoms with Crippen molar-refractivity contribution in [3.8, 4) is 0 Å². The number of nitrogens with zero attached hydrogens (tertiary/aromatic N) is 1. The van der Waals surface area contributed by atoms with Crippen molar-refractivity contribution in [1.29, 1.82) is 0 Å². The van der Waals surface area contributed by atoms with Crippen LogP contribution in [0.3, 0.4) is 0 Å². The molecule has 0 saturated carbocycles. The molecule has 1 heterocycles. The molecule has 0 radical (unpaired) electrons. The first-order valence-electron chi connectivity index (χ1n) is 6.88. The van der Waals surface area contributed by atoms with Gasteiger partial charge in [-0.15, -0.1) is 0 Å². The molecule has 114 valence electrons. The fourth-order valence-electron chi connectivity index (χ4n) is 2.25. The highest BCUT2D eigenvalue weighted by molar-refractivity contribution is 9.09. The fourth-order valence-corrected chi connectivity index (χ4v) is 2.79. The second kappa shape index (κ2) is 7.27. The van der Waals surface area contributed by atoms with Gasteiger partial charge in [0.25, 0.3) is 5.91 Å².